The quantitative estimate of drug-likeness (QED) is 0.800. The molecule has 1 aliphatic carbocycles. The summed E-state index contributed by atoms with van der Waals surface area (Å²) in [5, 5.41) is 0. The molecular weight excluding hydrogens is 238 g/mol. The molecule has 0 aliphatic heterocycles. The molecule has 1 nitrogen and oxygen atoms in total. The summed E-state index contributed by atoms with van der Waals surface area (Å²) in [7, 11) is 0. The van der Waals surface area contributed by atoms with E-state index in [4.69, 9.17) is 5.73 Å². The second-order valence-electron chi connectivity index (χ2n) is 3.67. The minimum absolute atomic E-state index is 0.0769. The van der Waals surface area contributed by atoms with Crippen LogP contribution in [0.2, 0.25) is 0 Å². The zero-order chi connectivity index (χ0) is 9.97. The molecule has 0 bridgehead atoms. The number of hydrogen-bond donors (Lipinski definition) is 1. The van der Waals surface area contributed by atoms with Crippen LogP contribution in [0.15, 0.2) is 40.4 Å². The van der Waals surface area contributed by atoms with E-state index in [-0.39, 0.29) is 6.04 Å². The molecule has 2 heteroatoms. The van der Waals surface area contributed by atoms with Crippen LogP contribution in [-0.2, 0) is 0 Å². The van der Waals surface area contributed by atoms with Crippen molar-refractivity contribution in [2.45, 2.75) is 25.3 Å². The van der Waals surface area contributed by atoms with Crippen LogP contribution in [-0.4, -0.2) is 0 Å². The summed E-state index contributed by atoms with van der Waals surface area (Å²) in [6, 6.07) is 8.27. The van der Waals surface area contributed by atoms with E-state index >= 15 is 0 Å². The Hall–Kier alpha value is -0.600. The van der Waals surface area contributed by atoms with E-state index in [2.05, 4.69) is 28.1 Å². The third-order valence-electron chi connectivity index (χ3n) is 2.72. The van der Waals surface area contributed by atoms with Gasteiger partial charge in [-0.1, -0.05) is 45.8 Å². The summed E-state index contributed by atoms with van der Waals surface area (Å²) in [6.07, 6.45) is 5.88. The summed E-state index contributed by atoms with van der Waals surface area (Å²) in [4.78, 5) is 0. The van der Waals surface area contributed by atoms with Gasteiger partial charge in [0.15, 0.2) is 0 Å². The van der Waals surface area contributed by atoms with Gasteiger partial charge in [-0.15, -0.1) is 0 Å². The van der Waals surface area contributed by atoms with Gasteiger partial charge in [0, 0.05) is 4.47 Å². The van der Waals surface area contributed by atoms with Crippen molar-refractivity contribution in [1.29, 1.82) is 0 Å². The zero-order valence-corrected chi connectivity index (χ0v) is 9.63. The zero-order valence-electron chi connectivity index (χ0n) is 8.04. The molecule has 1 aromatic carbocycles. The molecular formula is C12H14BrN. The molecule has 0 heterocycles. The molecule has 0 saturated carbocycles. The van der Waals surface area contributed by atoms with Crippen molar-refractivity contribution in [1.82, 2.24) is 0 Å². The average molecular weight is 252 g/mol. The van der Waals surface area contributed by atoms with E-state index < -0.39 is 0 Å². The van der Waals surface area contributed by atoms with Crippen LogP contribution in [0.1, 0.15) is 30.9 Å². The first-order valence-electron chi connectivity index (χ1n) is 4.98. The molecule has 1 atom stereocenters. The Labute approximate surface area is 93.1 Å². The van der Waals surface area contributed by atoms with Gasteiger partial charge in [0.1, 0.15) is 0 Å². The van der Waals surface area contributed by atoms with Crippen molar-refractivity contribution < 1.29 is 0 Å². The highest BCUT2D eigenvalue weighted by atomic mass is 79.9. The standard InChI is InChI=1S/C12H14BrN/c13-11-8-4-3-7-10(11)12(14)9-5-1-2-6-9/h3-5,7-8,12H,1-2,6,14H2. The molecule has 0 fully saturated rings. The minimum atomic E-state index is 0.0769. The fourth-order valence-electron chi connectivity index (χ4n) is 1.91. The molecule has 74 valence electrons. The summed E-state index contributed by atoms with van der Waals surface area (Å²) in [6.45, 7) is 0. The first-order valence-corrected chi connectivity index (χ1v) is 5.77. The van der Waals surface area contributed by atoms with Gasteiger partial charge in [0.05, 0.1) is 6.04 Å². The van der Waals surface area contributed by atoms with Gasteiger partial charge in [-0.2, -0.15) is 0 Å². The van der Waals surface area contributed by atoms with Gasteiger partial charge in [-0.3, -0.25) is 0 Å². The molecule has 1 aliphatic rings. The van der Waals surface area contributed by atoms with Crippen LogP contribution < -0.4 is 5.73 Å². The summed E-state index contributed by atoms with van der Waals surface area (Å²) >= 11 is 3.54. The third kappa shape index (κ3) is 1.91. The van der Waals surface area contributed by atoms with Crippen LogP contribution in [0.5, 0.6) is 0 Å². The molecule has 1 unspecified atom stereocenters. The Balaban J connectivity index is 2.26. The summed E-state index contributed by atoms with van der Waals surface area (Å²) in [5.74, 6) is 0. The first-order chi connectivity index (χ1) is 6.79. The smallest absolute Gasteiger partial charge is 0.0522 e. The average Bonchev–Trinajstić information content (AvgIpc) is 2.70. The molecule has 0 spiro atoms. The van der Waals surface area contributed by atoms with Gasteiger partial charge in [-0.05, 0) is 30.9 Å². The van der Waals surface area contributed by atoms with Crippen molar-refractivity contribution in [3.63, 3.8) is 0 Å². The lowest BCUT2D eigenvalue weighted by Crippen LogP contribution is -2.12. The lowest BCUT2D eigenvalue weighted by atomic mass is 9.99. The van der Waals surface area contributed by atoms with E-state index in [0.29, 0.717) is 0 Å². The van der Waals surface area contributed by atoms with Gasteiger partial charge in [-0.25, -0.2) is 0 Å². The Morgan fingerprint density at radius 2 is 2.07 bits per heavy atom. The second kappa shape index (κ2) is 4.28. The Bertz CT molecular complexity index is 357. The SMILES string of the molecule is NC(C1=CCCC1)c1ccccc1Br. The fraction of sp³-hybridized carbons (Fsp3) is 0.333. The number of hydrogen-bond acceptors (Lipinski definition) is 1. The summed E-state index contributed by atoms with van der Waals surface area (Å²) in [5.41, 5.74) is 8.78. The van der Waals surface area contributed by atoms with E-state index in [1.165, 1.54) is 24.0 Å². The van der Waals surface area contributed by atoms with Crippen molar-refractivity contribution in [2.75, 3.05) is 0 Å². The lowest BCUT2D eigenvalue weighted by Gasteiger charge is -2.14. The highest BCUT2D eigenvalue weighted by Crippen LogP contribution is 2.32. The Morgan fingerprint density at radius 1 is 1.29 bits per heavy atom. The van der Waals surface area contributed by atoms with Crippen molar-refractivity contribution in [3.05, 3.63) is 46.0 Å². The van der Waals surface area contributed by atoms with E-state index in [1.54, 1.807) is 0 Å². The fourth-order valence-corrected chi connectivity index (χ4v) is 2.44. The van der Waals surface area contributed by atoms with Gasteiger partial charge < -0.3 is 5.73 Å². The number of nitrogens with two attached hydrogens (primary N) is 1. The van der Waals surface area contributed by atoms with Crippen LogP contribution in [0, 0.1) is 0 Å². The maximum absolute atomic E-state index is 6.20. The first kappa shape index (κ1) is 9.94. The molecule has 14 heavy (non-hydrogen) atoms. The number of benzene rings is 1. The van der Waals surface area contributed by atoms with Crippen LogP contribution >= 0.6 is 15.9 Å². The monoisotopic (exact) mass is 251 g/mol. The molecule has 0 radical (unpaired) electrons. The molecule has 1 aromatic rings. The van der Waals surface area contributed by atoms with Crippen LogP contribution in [0.25, 0.3) is 0 Å². The minimum Gasteiger partial charge on any atom is -0.321 e. The van der Waals surface area contributed by atoms with Gasteiger partial charge in [0.2, 0.25) is 0 Å². The number of allylic oxidation sites excluding steroid dienone is 1. The highest BCUT2D eigenvalue weighted by Gasteiger charge is 2.16. The molecule has 0 saturated heterocycles. The van der Waals surface area contributed by atoms with Crippen molar-refractivity contribution >= 4 is 15.9 Å². The molecule has 2 rings (SSSR count). The summed E-state index contributed by atoms with van der Waals surface area (Å²) < 4.78 is 1.11. The largest absolute Gasteiger partial charge is 0.321 e. The Kier molecular flexibility index (Phi) is 3.04. The van der Waals surface area contributed by atoms with Gasteiger partial charge >= 0.3 is 0 Å². The van der Waals surface area contributed by atoms with Gasteiger partial charge in [0.25, 0.3) is 0 Å². The predicted octanol–water partition coefficient (Wildman–Crippen LogP) is 3.56. The third-order valence-corrected chi connectivity index (χ3v) is 3.44. The molecule has 2 N–H and O–H groups in total. The normalized spacial score (nSPS) is 18.0. The predicted molar refractivity (Wildman–Crippen MR) is 63.0 cm³/mol. The van der Waals surface area contributed by atoms with Crippen LogP contribution in [0.3, 0.4) is 0 Å². The maximum Gasteiger partial charge on any atom is 0.0522 e. The van der Waals surface area contributed by atoms with Crippen molar-refractivity contribution in [2.24, 2.45) is 5.73 Å². The van der Waals surface area contributed by atoms with Crippen LogP contribution in [0.4, 0.5) is 0 Å². The Morgan fingerprint density at radius 3 is 2.71 bits per heavy atom. The topological polar surface area (TPSA) is 26.0 Å². The number of rotatable bonds is 2. The lowest BCUT2D eigenvalue weighted by molar-refractivity contribution is 0.782. The molecule has 0 aromatic heterocycles. The van der Waals surface area contributed by atoms with Crippen molar-refractivity contribution in [3.8, 4) is 0 Å². The molecule has 0 amide bonds. The maximum atomic E-state index is 6.20. The highest BCUT2D eigenvalue weighted by molar-refractivity contribution is 9.10. The van der Waals surface area contributed by atoms with E-state index in [9.17, 15) is 0 Å². The van der Waals surface area contributed by atoms with E-state index in [0.717, 1.165) is 10.9 Å². The van der Waals surface area contributed by atoms with E-state index in [1.807, 2.05) is 18.2 Å². The number of halogens is 1. The second-order valence-corrected chi connectivity index (χ2v) is 4.52.